The minimum absolute atomic E-state index is 0.0515. The van der Waals surface area contributed by atoms with Gasteiger partial charge in [0.25, 0.3) is 0 Å². The van der Waals surface area contributed by atoms with Crippen LogP contribution in [0.5, 0.6) is 0 Å². The fraction of sp³-hybridized carbons (Fsp3) is 0.160. The van der Waals surface area contributed by atoms with E-state index in [1.807, 2.05) is 66.7 Å². The van der Waals surface area contributed by atoms with Gasteiger partial charge < -0.3 is 5.32 Å². The third-order valence-corrected chi connectivity index (χ3v) is 5.13. The molecule has 0 bridgehead atoms. The molecule has 0 saturated heterocycles. The molecule has 4 aromatic rings. The van der Waals surface area contributed by atoms with Gasteiger partial charge in [-0.2, -0.15) is 5.10 Å². The second-order valence-electron chi connectivity index (χ2n) is 7.22. The number of carbonyl (C=O) groups is 1. The first-order chi connectivity index (χ1) is 14.7. The number of hydrogen-bond acceptors (Lipinski definition) is 3. The van der Waals surface area contributed by atoms with Gasteiger partial charge in [0.2, 0.25) is 11.3 Å². The van der Waals surface area contributed by atoms with Crippen LogP contribution in [0.2, 0.25) is 0 Å². The molecule has 1 atom stereocenters. The molecule has 1 unspecified atom stereocenters. The van der Waals surface area contributed by atoms with Crippen molar-refractivity contribution in [1.29, 1.82) is 0 Å². The maximum absolute atomic E-state index is 12.8. The lowest BCUT2D eigenvalue weighted by Gasteiger charge is -2.20. The average Bonchev–Trinajstić information content (AvgIpc) is 2.80. The van der Waals surface area contributed by atoms with E-state index in [4.69, 9.17) is 0 Å². The van der Waals surface area contributed by atoms with Gasteiger partial charge in [0.1, 0.15) is 0 Å². The SMILES string of the molecule is O=C(CCn1ncc(=O)c2ccccc21)NC(Cc1ccccc1)c1ccccc1. The van der Waals surface area contributed by atoms with Crippen molar-refractivity contribution in [3.8, 4) is 0 Å². The van der Waals surface area contributed by atoms with Crippen LogP contribution < -0.4 is 10.7 Å². The predicted octanol–water partition coefficient (Wildman–Crippen LogP) is 3.89. The quantitative estimate of drug-likeness (QED) is 0.515. The summed E-state index contributed by atoms with van der Waals surface area (Å²) in [5.41, 5.74) is 2.86. The van der Waals surface area contributed by atoms with E-state index in [1.165, 1.54) is 11.8 Å². The number of rotatable bonds is 7. The Morgan fingerprint density at radius 3 is 2.33 bits per heavy atom. The fourth-order valence-corrected chi connectivity index (χ4v) is 3.60. The highest BCUT2D eigenvalue weighted by Gasteiger charge is 2.15. The number of nitrogens with zero attached hydrogens (tertiary/aromatic N) is 2. The molecule has 1 amide bonds. The molecule has 0 aliphatic rings. The maximum Gasteiger partial charge on any atom is 0.222 e. The van der Waals surface area contributed by atoms with Crippen molar-refractivity contribution >= 4 is 16.8 Å². The van der Waals surface area contributed by atoms with E-state index in [9.17, 15) is 9.59 Å². The summed E-state index contributed by atoms with van der Waals surface area (Å²) in [5.74, 6) is -0.0515. The van der Waals surface area contributed by atoms with Crippen molar-refractivity contribution in [1.82, 2.24) is 15.1 Å². The summed E-state index contributed by atoms with van der Waals surface area (Å²) in [7, 11) is 0. The Hall–Kier alpha value is -3.73. The van der Waals surface area contributed by atoms with Crippen LogP contribution in [0.4, 0.5) is 0 Å². The number of carbonyl (C=O) groups excluding carboxylic acids is 1. The number of amides is 1. The molecule has 1 aromatic heterocycles. The van der Waals surface area contributed by atoms with Crippen molar-refractivity contribution in [2.45, 2.75) is 25.4 Å². The van der Waals surface area contributed by atoms with E-state index in [2.05, 4.69) is 22.5 Å². The van der Waals surface area contributed by atoms with Gasteiger partial charge in [-0.1, -0.05) is 72.8 Å². The Morgan fingerprint density at radius 1 is 0.900 bits per heavy atom. The lowest BCUT2D eigenvalue weighted by Crippen LogP contribution is -2.31. The number of aryl methyl sites for hydroxylation is 1. The molecule has 150 valence electrons. The second kappa shape index (κ2) is 9.18. The summed E-state index contributed by atoms with van der Waals surface area (Å²) in [6.45, 7) is 0.402. The van der Waals surface area contributed by atoms with Crippen LogP contribution in [-0.4, -0.2) is 15.7 Å². The van der Waals surface area contributed by atoms with Gasteiger partial charge in [0.15, 0.2) is 0 Å². The fourth-order valence-electron chi connectivity index (χ4n) is 3.60. The molecule has 0 spiro atoms. The Kier molecular flexibility index (Phi) is 5.99. The van der Waals surface area contributed by atoms with Crippen molar-refractivity contribution in [2.24, 2.45) is 0 Å². The first-order valence-corrected chi connectivity index (χ1v) is 10.0. The summed E-state index contributed by atoms with van der Waals surface area (Å²) in [6, 6.07) is 27.3. The zero-order chi connectivity index (χ0) is 20.8. The number of para-hydroxylation sites is 1. The molecule has 0 radical (unpaired) electrons. The minimum Gasteiger partial charge on any atom is -0.349 e. The van der Waals surface area contributed by atoms with Crippen LogP contribution in [0.1, 0.15) is 23.6 Å². The molecule has 4 rings (SSSR count). The minimum atomic E-state index is -0.113. The summed E-state index contributed by atoms with van der Waals surface area (Å²) in [4.78, 5) is 24.8. The Morgan fingerprint density at radius 2 is 1.57 bits per heavy atom. The number of hydrogen-bond donors (Lipinski definition) is 1. The molecule has 5 nitrogen and oxygen atoms in total. The van der Waals surface area contributed by atoms with Crippen LogP contribution in [0.15, 0.2) is 95.9 Å². The largest absolute Gasteiger partial charge is 0.349 e. The van der Waals surface area contributed by atoms with Gasteiger partial charge in [0.05, 0.1) is 24.3 Å². The molecule has 1 N–H and O–H groups in total. The molecular weight excluding hydrogens is 374 g/mol. The van der Waals surface area contributed by atoms with Crippen LogP contribution in [0.25, 0.3) is 10.9 Å². The van der Waals surface area contributed by atoms with Gasteiger partial charge in [-0.25, -0.2) is 0 Å². The van der Waals surface area contributed by atoms with Gasteiger partial charge in [-0.3, -0.25) is 14.3 Å². The molecule has 3 aromatic carbocycles. The molecule has 0 aliphatic heterocycles. The second-order valence-corrected chi connectivity index (χ2v) is 7.22. The van der Waals surface area contributed by atoms with E-state index in [-0.39, 0.29) is 23.8 Å². The Balaban J connectivity index is 1.48. The number of nitrogens with one attached hydrogen (secondary N) is 1. The topological polar surface area (TPSA) is 64.0 Å². The van der Waals surface area contributed by atoms with Crippen LogP contribution in [0, 0.1) is 0 Å². The van der Waals surface area contributed by atoms with Crippen LogP contribution in [0.3, 0.4) is 0 Å². The van der Waals surface area contributed by atoms with Crippen molar-refractivity contribution in [2.75, 3.05) is 0 Å². The van der Waals surface area contributed by atoms with Crippen molar-refractivity contribution in [3.05, 3.63) is 112 Å². The van der Waals surface area contributed by atoms with Gasteiger partial charge in [-0.15, -0.1) is 0 Å². The predicted molar refractivity (Wildman–Crippen MR) is 118 cm³/mol. The smallest absolute Gasteiger partial charge is 0.222 e. The Bertz CT molecular complexity index is 1190. The van der Waals surface area contributed by atoms with Crippen molar-refractivity contribution in [3.63, 3.8) is 0 Å². The van der Waals surface area contributed by atoms with E-state index in [1.54, 1.807) is 10.7 Å². The summed E-state index contributed by atoms with van der Waals surface area (Å²) in [5, 5.41) is 7.99. The Labute approximate surface area is 175 Å². The highest BCUT2D eigenvalue weighted by atomic mass is 16.1. The third kappa shape index (κ3) is 4.63. The number of fused-ring (bicyclic) bond motifs is 1. The van der Waals surface area contributed by atoms with Crippen LogP contribution >= 0.6 is 0 Å². The summed E-state index contributed by atoms with van der Waals surface area (Å²) in [6.07, 6.45) is 2.30. The summed E-state index contributed by atoms with van der Waals surface area (Å²) >= 11 is 0. The zero-order valence-corrected chi connectivity index (χ0v) is 16.6. The first-order valence-electron chi connectivity index (χ1n) is 10.0. The standard InChI is InChI=1S/C25H23N3O2/c29-24-18-26-28(23-14-8-7-13-21(23)24)16-15-25(30)27-22(20-11-5-2-6-12-20)17-19-9-3-1-4-10-19/h1-14,18,22H,15-17H2,(H,27,30). The highest BCUT2D eigenvalue weighted by molar-refractivity contribution is 5.79. The van der Waals surface area contributed by atoms with Crippen molar-refractivity contribution < 1.29 is 4.79 Å². The molecule has 0 saturated carbocycles. The highest BCUT2D eigenvalue weighted by Crippen LogP contribution is 2.19. The molecule has 0 fully saturated rings. The average molecular weight is 397 g/mol. The number of benzene rings is 3. The van der Waals surface area contributed by atoms with Gasteiger partial charge in [-0.05, 0) is 29.7 Å². The normalized spacial score (nSPS) is 11.9. The number of aromatic nitrogens is 2. The van der Waals surface area contributed by atoms with Crippen LogP contribution in [-0.2, 0) is 17.8 Å². The lowest BCUT2D eigenvalue weighted by molar-refractivity contribution is -0.122. The molecule has 1 heterocycles. The van der Waals surface area contributed by atoms with E-state index >= 15 is 0 Å². The first kappa shape index (κ1) is 19.6. The molecule has 0 aliphatic carbocycles. The lowest BCUT2D eigenvalue weighted by atomic mass is 9.98. The summed E-state index contributed by atoms with van der Waals surface area (Å²) < 4.78 is 1.71. The van der Waals surface area contributed by atoms with Gasteiger partial charge in [0, 0.05) is 11.8 Å². The monoisotopic (exact) mass is 397 g/mol. The van der Waals surface area contributed by atoms with Gasteiger partial charge >= 0.3 is 0 Å². The zero-order valence-electron chi connectivity index (χ0n) is 16.6. The molecule has 5 heteroatoms. The van der Waals surface area contributed by atoms with E-state index in [0.29, 0.717) is 11.9 Å². The van der Waals surface area contributed by atoms with E-state index < -0.39 is 0 Å². The molecular formula is C25H23N3O2. The van der Waals surface area contributed by atoms with E-state index in [0.717, 1.165) is 17.5 Å². The third-order valence-electron chi connectivity index (χ3n) is 5.13. The molecule has 30 heavy (non-hydrogen) atoms. The maximum atomic E-state index is 12.8.